The van der Waals surface area contributed by atoms with Crippen LogP contribution in [0.4, 0.5) is 5.69 Å². The monoisotopic (exact) mass is 325 g/mol. The maximum atomic E-state index is 12.4. The Labute approximate surface area is 142 Å². The molecule has 0 bridgehead atoms. The summed E-state index contributed by atoms with van der Waals surface area (Å²) in [5.41, 5.74) is 2.60. The minimum absolute atomic E-state index is 0.209. The lowest BCUT2D eigenvalue weighted by atomic mass is 10.1. The van der Waals surface area contributed by atoms with E-state index in [9.17, 15) is 9.59 Å². The summed E-state index contributed by atoms with van der Waals surface area (Å²) in [7, 11) is 0. The molecule has 1 aromatic carbocycles. The van der Waals surface area contributed by atoms with Crippen LogP contribution in [0.2, 0.25) is 0 Å². The molecule has 0 aliphatic carbocycles. The topological polar surface area (TPSA) is 71.1 Å². The molecule has 1 aromatic heterocycles. The van der Waals surface area contributed by atoms with E-state index in [1.807, 2.05) is 31.2 Å². The quantitative estimate of drug-likeness (QED) is 0.766. The first-order valence-corrected chi connectivity index (χ1v) is 8.28. The summed E-state index contributed by atoms with van der Waals surface area (Å²) in [5.74, 6) is -0.480. The van der Waals surface area contributed by atoms with E-state index in [4.69, 9.17) is 0 Å². The maximum Gasteiger partial charge on any atom is 0.257 e. The Morgan fingerprint density at radius 1 is 1.04 bits per heavy atom. The number of anilines is 1. The van der Waals surface area contributed by atoms with E-state index < -0.39 is 0 Å². The summed E-state index contributed by atoms with van der Waals surface area (Å²) >= 11 is 0. The summed E-state index contributed by atoms with van der Waals surface area (Å²) in [6, 6.07) is 9.23. The molecule has 0 fully saturated rings. The second-order valence-electron chi connectivity index (χ2n) is 5.54. The largest absolute Gasteiger partial charge is 0.352 e. The summed E-state index contributed by atoms with van der Waals surface area (Å²) < 4.78 is 0. The van der Waals surface area contributed by atoms with Crippen molar-refractivity contribution in [3.8, 4) is 0 Å². The van der Waals surface area contributed by atoms with Crippen molar-refractivity contribution in [3.63, 3.8) is 0 Å². The van der Waals surface area contributed by atoms with Crippen LogP contribution in [-0.2, 0) is 6.42 Å². The number of hydrogen-bond acceptors (Lipinski definition) is 3. The average molecular weight is 325 g/mol. The van der Waals surface area contributed by atoms with Crippen molar-refractivity contribution in [2.75, 3.05) is 11.9 Å². The Kier molecular flexibility index (Phi) is 6.49. The molecule has 24 heavy (non-hydrogen) atoms. The maximum absolute atomic E-state index is 12.4. The first-order chi connectivity index (χ1) is 11.7. The van der Waals surface area contributed by atoms with Crippen LogP contribution in [0, 0.1) is 0 Å². The molecule has 126 valence electrons. The second-order valence-corrected chi connectivity index (χ2v) is 5.54. The summed E-state index contributed by atoms with van der Waals surface area (Å²) in [5, 5.41) is 5.71. The number of benzene rings is 1. The Balaban J connectivity index is 2.10. The number of para-hydroxylation sites is 1. The van der Waals surface area contributed by atoms with Gasteiger partial charge < -0.3 is 10.6 Å². The van der Waals surface area contributed by atoms with Crippen LogP contribution in [-0.4, -0.2) is 23.3 Å². The standard InChI is InChI=1S/C19H23N3O2/c1-3-5-10-21-18(23)15-11-16(13-20-12-15)19(24)22-17-9-7-6-8-14(17)4-2/h6-9,11-13H,3-5,10H2,1-2H3,(H,21,23)(H,22,24). The fourth-order valence-corrected chi connectivity index (χ4v) is 2.31. The third-order valence-corrected chi connectivity index (χ3v) is 3.72. The number of rotatable bonds is 7. The van der Waals surface area contributed by atoms with E-state index in [2.05, 4.69) is 22.5 Å². The van der Waals surface area contributed by atoms with Crippen LogP contribution in [0.1, 0.15) is 53.0 Å². The van der Waals surface area contributed by atoms with Gasteiger partial charge in [-0.2, -0.15) is 0 Å². The molecule has 0 saturated carbocycles. The lowest BCUT2D eigenvalue weighted by Crippen LogP contribution is -2.25. The zero-order valence-corrected chi connectivity index (χ0v) is 14.1. The highest BCUT2D eigenvalue weighted by Crippen LogP contribution is 2.16. The lowest BCUT2D eigenvalue weighted by molar-refractivity contribution is 0.0953. The molecule has 0 radical (unpaired) electrons. The Morgan fingerprint density at radius 2 is 1.75 bits per heavy atom. The van der Waals surface area contributed by atoms with Crippen molar-refractivity contribution < 1.29 is 9.59 Å². The van der Waals surface area contributed by atoms with Gasteiger partial charge in [0.1, 0.15) is 0 Å². The lowest BCUT2D eigenvalue weighted by Gasteiger charge is -2.10. The molecule has 0 atom stereocenters. The molecular weight excluding hydrogens is 302 g/mol. The predicted octanol–water partition coefficient (Wildman–Crippen LogP) is 3.43. The fraction of sp³-hybridized carbons (Fsp3) is 0.316. The molecule has 0 aliphatic rings. The van der Waals surface area contributed by atoms with Gasteiger partial charge in [-0.15, -0.1) is 0 Å². The average Bonchev–Trinajstić information content (AvgIpc) is 2.62. The highest BCUT2D eigenvalue weighted by Gasteiger charge is 2.12. The van der Waals surface area contributed by atoms with Gasteiger partial charge in [0.2, 0.25) is 0 Å². The Hall–Kier alpha value is -2.69. The number of nitrogens with zero attached hydrogens (tertiary/aromatic N) is 1. The highest BCUT2D eigenvalue weighted by molar-refractivity contribution is 6.06. The van der Waals surface area contributed by atoms with Gasteiger partial charge in [-0.05, 0) is 30.5 Å². The van der Waals surface area contributed by atoms with Gasteiger partial charge in [0.15, 0.2) is 0 Å². The van der Waals surface area contributed by atoms with Crippen LogP contribution >= 0.6 is 0 Å². The number of carbonyl (C=O) groups is 2. The number of aryl methyl sites for hydroxylation is 1. The third kappa shape index (κ3) is 4.65. The van der Waals surface area contributed by atoms with Gasteiger partial charge in [0, 0.05) is 24.6 Å². The summed E-state index contributed by atoms with van der Waals surface area (Å²) in [4.78, 5) is 28.5. The molecule has 2 aromatic rings. The van der Waals surface area contributed by atoms with E-state index in [0.717, 1.165) is 30.5 Å². The van der Waals surface area contributed by atoms with Crippen LogP contribution in [0.15, 0.2) is 42.7 Å². The number of pyridine rings is 1. The highest BCUT2D eigenvalue weighted by atomic mass is 16.2. The van der Waals surface area contributed by atoms with Crippen LogP contribution in [0.5, 0.6) is 0 Å². The van der Waals surface area contributed by atoms with Gasteiger partial charge in [0.05, 0.1) is 11.1 Å². The van der Waals surface area contributed by atoms with Crippen molar-refractivity contribution in [1.82, 2.24) is 10.3 Å². The zero-order chi connectivity index (χ0) is 17.4. The molecule has 1 heterocycles. The van der Waals surface area contributed by atoms with Crippen LogP contribution < -0.4 is 10.6 Å². The third-order valence-electron chi connectivity index (χ3n) is 3.72. The molecule has 5 nitrogen and oxygen atoms in total. The second kappa shape index (κ2) is 8.82. The van der Waals surface area contributed by atoms with Gasteiger partial charge in [0.25, 0.3) is 11.8 Å². The number of nitrogens with one attached hydrogen (secondary N) is 2. The van der Waals surface area contributed by atoms with Gasteiger partial charge >= 0.3 is 0 Å². The van der Waals surface area contributed by atoms with Crippen molar-refractivity contribution >= 4 is 17.5 Å². The van der Waals surface area contributed by atoms with Gasteiger partial charge in [-0.3, -0.25) is 14.6 Å². The van der Waals surface area contributed by atoms with Gasteiger partial charge in [-0.25, -0.2) is 0 Å². The SMILES string of the molecule is CCCCNC(=O)c1cncc(C(=O)Nc2ccccc2CC)c1. The molecule has 0 unspecified atom stereocenters. The number of unbranched alkanes of at least 4 members (excludes halogenated alkanes) is 1. The molecular formula is C19H23N3O2. The van der Waals surface area contributed by atoms with Crippen LogP contribution in [0.3, 0.4) is 0 Å². The Morgan fingerprint density at radius 3 is 2.46 bits per heavy atom. The number of aromatic nitrogens is 1. The zero-order valence-electron chi connectivity index (χ0n) is 14.1. The number of hydrogen-bond donors (Lipinski definition) is 2. The van der Waals surface area contributed by atoms with Gasteiger partial charge in [-0.1, -0.05) is 38.5 Å². The number of amides is 2. The molecule has 0 saturated heterocycles. The molecule has 0 aliphatic heterocycles. The van der Waals surface area contributed by atoms with E-state index in [1.165, 1.54) is 12.4 Å². The van der Waals surface area contributed by atoms with Crippen molar-refractivity contribution in [2.45, 2.75) is 33.1 Å². The fourth-order valence-electron chi connectivity index (χ4n) is 2.31. The van der Waals surface area contributed by atoms with Crippen LogP contribution in [0.25, 0.3) is 0 Å². The first-order valence-electron chi connectivity index (χ1n) is 8.28. The molecule has 0 spiro atoms. The molecule has 2 amide bonds. The van der Waals surface area contributed by atoms with Crippen molar-refractivity contribution in [3.05, 3.63) is 59.4 Å². The van der Waals surface area contributed by atoms with Crippen molar-refractivity contribution in [1.29, 1.82) is 0 Å². The van der Waals surface area contributed by atoms with E-state index in [-0.39, 0.29) is 11.8 Å². The minimum atomic E-state index is -0.272. The summed E-state index contributed by atoms with van der Waals surface area (Å²) in [6.07, 6.45) is 5.70. The first kappa shape index (κ1) is 17.7. The molecule has 2 N–H and O–H groups in total. The smallest absolute Gasteiger partial charge is 0.257 e. The minimum Gasteiger partial charge on any atom is -0.352 e. The normalized spacial score (nSPS) is 10.2. The number of carbonyl (C=O) groups excluding carboxylic acids is 2. The predicted molar refractivity (Wildman–Crippen MR) is 95.3 cm³/mol. The van der Waals surface area contributed by atoms with Crippen molar-refractivity contribution in [2.24, 2.45) is 0 Å². The molecule has 2 rings (SSSR count). The summed E-state index contributed by atoms with van der Waals surface area (Å²) in [6.45, 7) is 4.72. The van der Waals surface area contributed by atoms with E-state index in [1.54, 1.807) is 6.07 Å². The van der Waals surface area contributed by atoms with E-state index >= 15 is 0 Å². The Bertz CT molecular complexity index is 713. The van der Waals surface area contributed by atoms with E-state index in [0.29, 0.717) is 17.7 Å². The molecule has 5 heteroatoms.